The van der Waals surface area contributed by atoms with Crippen molar-refractivity contribution in [1.82, 2.24) is 5.32 Å². The predicted octanol–water partition coefficient (Wildman–Crippen LogP) is 3.78. The van der Waals surface area contributed by atoms with Crippen LogP contribution in [0.4, 0.5) is 0 Å². The lowest BCUT2D eigenvalue weighted by Crippen LogP contribution is -2.17. The van der Waals surface area contributed by atoms with Gasteiger partial charge in [-0.1, -0.05) is 12.1 Å². The largest absolute Gasteiger partial charge is 0.490 e. The Kier molecular flexibility index (Phi) is 3.49. The maximum Gasteiger partial charge on any atom is 0.193 e. The lowest BCUT2D eigenvalue weighted by Gasteiger charge is -2.15. The summed E-state index contributed by atoms with van der Waals surface area (Å²) in [5.74, 6) is 1.72. The Morgan fingerprint density at radius 2 is 2.16 bits per heavy atom. The molecule has 0 saturated heterocycles. The lowest BCUT2D eigenvalue weighted by atomic mass is 10.0. The van der Waals surface area contributed by atoms with Crippen LogP contribution in [0.1, 0.15) is 30.2 Å². The second-order valence-corrected chi connectivity index (χ2v) is 5.13. The fourth-order valence-electron chi connectivity index (χ4n) is 2.10. The van der Waals surface area contributed by atoms with E-state index in [1.165, 1.54) is 0 Å². The number of ether oxygens (including phenoxy) is 1. The summed E-state index contributed by atoms with van der Waals surface area (Å²) in [7, 11) is 1.90. The summed E-state index contributed by atoms with van der Waals surface area (Å²) in [5.41, 5.74) is 1.10. The highest BCUT2D eigenvalue weighted by molar-refractivity contribution is 6.28. The summed E-state index contributed by atoms with van der Waals surface area (Å²) in [6.45, 7) is 0. The molecule has 0 radical (unpaired) electrons. The highest BCUT2D eigenvalue weighted by Crippen LogP contribution is 2.30. The fourth-order valence-corrected chi connectivity index (χ4v) is 2.25. The summed E-state index contributed by atoms with van der Waals surface area (Å²) in [4.78, 5) is 0. The van der Waals surface area contributed by atoms with Gasteiger partial charge in [-0.25, -0.2) is 0 Å². The lowest BCUT2D eigenvalue weighted by molar-refractivity contribution is 0.302. The summed E-state index contributed by atoms with van der Waals surface area (Å²) in [5, 5.41) is 3.64. The molecule has 1 aromatic carbocycles. The van der Waals surface area contributed by atoms with E-state index < -0.39 is 0 Å². The van der Waals surface area contributed by atoms with Crippen molar-refractivity contribution >= 4 is 11.6 Å². The second kappa shape index (κ2) is 5.27. The Hall–Kier alpha value is -1.45. The van der Waals surface area contributed by atoms with Crippen molar-refractivity contribution in [3.8, 4) is 5.75 Å². The maximum atomic E-state index is 5.84. The van der Waals surface area contributed by atoms with Crippen molar-refractivity contribution in [2.24, 2.45) is 0 Å². The van der Waals surface area contributed by atoms with Gasteiger partial charge in [0, 0.05) is 0 Å². The highest BCUT2D eigenvalue weighted by Gasteiger charge is 2.24. The van der Waals surface area contributed by atoms with E-state index in [0.29, 0.717) is 11.3 Å². The van der Waals surface area contributed by atoms with Gasteiger partial charge in [0.15, 0.2) is 5.22 Å². The van der Waals surface area contributed by atoms with Gasteiger partial charge in [-0.3, -0.25) is 0 Å². The van der Waals surface area contributed by atoms with Gasteiger partial charge >= 0.3 is 0 Å². The van der Waals surface area contributed by atoms with Crippen LogP contribution in [-0.2, 0) is 0 Å². The Balaban J connectivity index is 1.85. The van der Waals surface area contributed by atoms with Crippen LogP contribution >= 0.6 is 11.6 Å². The molecule has 19 heavy (non-hydrogen) atoms. The van der Waals surface area contributed by atoms with Gasteiger partial charge in [0.2, 0.25) is 0 Å². The van der Waals surface area contributed by atoms with Crippen molar-refractivity contribution in [3.05, 3.63) is 52.9 Å². The Labute approximate surface area is 117 Å². The van der Waals surface area contributed by atoms with Crippen molar-refractivity contribution < 1.29 is 9.15 Å². The summed E-state index contributed by atoms with van der Waals surface area (Å²) < 4.78 is 11.3. The van der Waals surface area contributed by atoms with E-state index >= 15 is 0 Å². The van der Waals surface area contributed by atoms with Crippen LogP contribution in [0.5, 0.6) is 5.75 Å². The van der Waals surface area contributed by atoms with Gasteiger partial charge < -0.3 is 14.5 Å². The van der Waals surface area contributed by atoms with E-state index in [-0.39, 0.29) is 6.04 Å². The van der Waals surface area contributed by atoms with E-state index in [4.69, 9.17) is 20.8 Å². The molecular weight excluding hydrogens is 262 g/mol. The van der Waals surface area contributed by atoms with Crippen molar-refractivity contribution in [2.45, 2.75) is 25.0 Å². The number of halogens is 1. The van der Waals surface area contributed by atoms with Crippen LogP contribution in [0.3, 0.4) is 0 Å². The van der Waals surface area contributed by atoms with Gasteiger partial charge in [-0.2, -0.15) is 0 Å². The minimum Gasteiger partial charge on any atom is -0.490 e. The molecule has 0 aliphatic heterocycles. The third kappa shape index (κ3) is 2.94. The van der Waals surface area contributed by atoms with Crippen LogP contribution in [0.25, 0.3) is 0 Å². The fraction of sp³-hybridized carbons (Fsp3) is 0.333. The minimum absolute atomic E-state index is 0.0183. The normalized spacial score (nSPS) is 16.3. The number of hydrogen-bond acceptors (Lipinski definition) is 3. The molecule has 1 aliphatic rings. The van der Waals surface area contributed by atoms with Gasteiger partial charge in [-0.15, -0.1) is 0 Å². The first kappa shape index (κ1) is 12.6. The topological polar surface area (TPSA) is 34.4 Å². The van der Waals surface area contributed by atoms with E-state index in [2.05, 4.69) is 17.4 Å². The monoisotopic (exact) mass is 277 g/mol. The number of furan rings is 1. The van der Waals surface area contributed by atoms with Crippen LogP contribution in [0.15, 0.2) is 40.8 Å². The Bertz CT molecular complexity index is 563. The smallest absolute Gasteiger partial charge is 0.193 e. The van der Waals surface area contributed by atoms with Crippen molar-refractivity contribution in [3.63, 3.8) is 0 Å². The van der Waals surface area contributed by atoms with Crippen LogP contribution < -0.4 is 10.1 Å². The van der Waals surface area contributed by atoms with Crippen LogP contribution in [0, 0.1) is 0 Å². The first-order valence-electron chi connectivity index (χ1n) is 6.45. The van der Waals surface area contributed by atoms with Gasteiger partial charge in [-0.05, 0) is 61.3 Å². The standard InChI is InChI=1S/C15H16ClNO2/c1-17-15(13-7-8-14(16)19-13)10-3-2-4-12(9-10)18-11-5-6-11/h2-4,7-9,11,15,17H,5-6H2,1H3. The molecule has 0 spiro atoms. The first-order chi connectivity index (χ1) is 9.26. The number of nitrogens with one attached hydrogen (secondary N) is 1. The van der Waals surface area contributed by atoms with E-state index in [9.17, 15) is 0 Å². The molecule has 0 bridgehead atoms. The van der Waals surface area contributed by atoms with Crippen LogP contribution in [0.2, 0.25) is 5.22 Å². The molecule has 3 rings (SSSR count). The Morgan fingerprint density at radius 3 is 2.79 bits per heavy atom. The molecule has 1 atom stereocenters. The van der Waals surface area contributed by atoms with Gasteiger partial charge in [0.1, 0.15) is 11.5 Å². The molecule has 1 heterocycles. The molecule has 1 unspecified atom stereocenters. The molecule has 1 aromatic heterocycles. The first-order valence-corrected chi connectivity index (χ1v) is 6.83. The molecule has 3 nitrogen and oxygen atoms in total. The molecule has 1 saturated carbocycles. The Morgan fingerprint density at radius 1 is 1.32 bits per heavy atom. The van der Waals surface area contributed by atoms with Crippen molar-refractivity contribution in [1.29, 1.82) is 0 Å². The van der Waals surface area contributed by atoms with E-state index in [0.717, 1.165) is 29.9 Å². The molecule has 100 valence electrons. The van der Waals surface area contributed by atoms with E-state index in [1.54, 1.807) is 6.07 Å². The van der Waals surface area contributed by atoms with E-state index in [1.807, 2.05) is 25.2 Å². The average molecular weight is 278 g/mol. The third-order valence-corrected chi connectivity index (χ3v) is 3.39. The SMILES string of the molecule is CNC(c1cccc(OC2CC2)c1)c1ccc(Cl)o1. The average Bonchev–Trinajstić information content (AvgIpc) is 3.12. The summed E-state index contributed by atoms with van der Waals surface area (Å²) in [6, 6.07) is 11.7. The molecular formula is C15H16ClNO2. The maximum absolute atomic E-state index is 5.84. The quantitative estimate of drug-likeness (QED) is 0.903. The molecule has 1 N–H and O–H groups in total. The molecule has 4 heteroatoms. The zero-order valence-electron chi connectivity index (χ0n) is 10.7. The predicted molar refractivity (Wildman–Crippen MR) is 74.7 cm³/mol. The molecule has 1 aliphatic carbocycles. The van der Waals surface area contributed by atoms with Crippen LogP contribution in [-0.4, -0.2) is 13.2 Å². The summed E-state index contributed by atoms with van der Waals surface area (Å²) in [6.07, 6.45) is 2.72. The molecule has 0 amide bonds. The number of hydrogen-bond donors (Lipinski definition) is 1. The van der Waals surface area contributed by atoms with Gasteiger partial charge in [0.05, 0.1) is 12.1 Å². The second-order valence-electron chi connectivity index (χ2n) is 4.75. The number of rotatable bonds is 5. The van der Waals surface area contributed by atoms with Gasteiger partial charge in [0.25, 0.3) is 0 Å². The third-order valence-electron chi connectivity index (χ3n) is 3.19. The molecule has 1 fully saturated rings. The molecule has 2 aromatic rings. The minimum atomic E-state index is -0.0183. The highest BCUT2D eigenvalue weighted by atomic mass is 35.5. The van der Waals surface area contributed by atoms with Crippen molar-refractivity contribution in [2.75, 3.05) is 7.05 Å². The summed E-state index contributed by atoms with van der Waals surface area (Å²) >= 11 is 5.84. The zero-order valence-corrected chi connectivity index (χ0v) is 11.5. The zero-order chi connectivity index (χ0) is 13.2. The number of benzene rings is 1.